The van der Waals surface area contributed by atoms with Crippen molar-refractivity contribution in [1.29, 1.82) is 0 Å². The minimum Gasteiger partial charge on any atom is -0.497 e. The van der Waals surface area contributed by atoms with Crippen molar-refractivity contribution in [2.45, 2.75) is 6.10 Å². The van der Waals surface area contributed by atoms with Gasteiger partial charge in [0, 0.05) is 17.0 Å². The van der Waals surface area contributed by atoms with Crippen molar-refractivity contribution in [3.05, 3.63) is 47.8 Å². The molecular weight excluding hydrogens is 364 g/mol. The summed E-state index contributed by atoms with van der Waals surface area (Å²) in [7, 11) is 3.27. The molecule has 7 heteroatoms. The fourth-order valence-corrected chi connectivity index (χ4v) is 3.57. The number of fused-ring (bicyclic) bond motifs is 1. The maximum Gasteiger partial charge on any atom is 0.183 e. The first-order chi connectivity index (χ1) is 13.3. The second kappa shape index (κ2) is 7.75. The molecular formula is C20H20N2O4S. The van der Waals surface area contributed by atoms with Gasteiger partial charge in [0.2, 0.25) is 0 Å². The van der Waals surface area contributed by atoms with Gasteiger partial charge in [-0.2, -0.15) is 0 Å². The number of hydrogen-bond acceptors (Lipinski definition) is 7. The second-order valence-electron chi connectivity index (χ2n) is 5.98. The van der Waals surface area contributed by atoms with Crippen molar-refractivity contribution in [2.75, 3.05) is 32.7 Å². The molecule has 27 heavy (non-hydrogen) atoms. The molecule has 140 valence electrons. The van der Waals surface area contributed by atoms with E-state index in [1.807, 2.05) is 47.8 Å². The quantitative estimate of drug-likeness (QED) is 0.691. The van der Waals surface area contributed by atoms with Crippen LogP contribution < -0.4 is 24.3 Å². The van der Waals surface area contributed by atoms with Crippen molar-refractivity contribution in [1.82, 2.24) is 4.98 Å². The Morgan fingerprint density at radius 1 is 1.15 bits per heavy atom. The molecule has 2 heterocycles. The van der Waals surface area contributed by atoms with Gasteiger partial charge in [0.25, 0.3) is 0 Å². The van der Waals surface area contributed by atoms with Crippen LogP contribution in [0.4, 0.5) is 5.13 Å². The molecule has 1 aliphatic rings. The van der Waals surface area contributed by atoms with E-state index in [0.29, 0.717) is 13.2 Å². The number of benzene rings is 2. The molecule has 0 bridgehead atoms. The highest BCUT2D eigenvalue weighted by atomic mass is 32.1. The van der Waals surface area contributed by atoms with Crippen LogP contribution in [0.3, 0.4) is 0 Å². The largest absolute Gasteiger partial charge is 0.497 e. The Morgan fingerprint density at radius 2 is 2.00 bits per heavy atom. The first kappa shape index (κ1) is 17.5. The lowest BCUT2D eigenvalue weighted by Crippen LogP contribution is -2.35. The number of para-hydroxylation sites is 2. The molecule has 3 aromatic rings. The standard InChI is InChI=1S/C20H20N2O4S/c1-23-13-7-8-15(19(9-13)24-2)16-12-27-20(22-16)21-10-14-11-25-17-5-3-4-6-18(17)26-14/h3-9,12,14H,10-11H2,1-2H3,(H,21,22). The van der Waals surface area contributed by atoms with E-state index < -0.39 is 0 Å². The maximum atomic E-state index is 5.96. The molecule has 1 unspecified atom stereocenters. The van der Waals surface area contributed by atoms with Crippen molar-refractivity contribution in [3.63, 3.8) is 0 Å². The molecule has 0 saturated carbocycles. The Bertz CT molecular complexity index is 928. The fourth-order valence-electron chi connectivity index (χ4n) is 2.85. The van der Waals surface area contributed by atoms with Crippen molar-refractivity contribution in [3.8, 4) is 34.3 Å². The lowest BCUT2D eigenvalue weighted by Gasteiger charge is -2.26. The van der Waals surface area contributed by atoms with Gasteiger partial charge in [-0.15, -0.1) is 11.3 Å². The summed E-state index contributed by atoms with van der Waals surface area (Å²) in [5, 5.41) is 6.16. The van der Waals surface area contributed by atoms with Crippen LogP contribution >= 0.6 is 11.3 Å². The van der Waals surface area contributed by atoms with Crippen LogP contribution in [-0.2, 0) is 0 Å². The zero-order valence-corrected chi connectivity index (χ0v) is 15.9. The molecule has 0 fully saturated rings. The van der Waals surface area contributed by atoms with Crippen LogP contribution in [0.2, 0.25) is 0 Å². The number of anilines is 1. The lowest BCUT2D eigenvalue weighted by atomic mass is 10.1. The van der Waals surface area contributed by atoms with Gasteiger partial charge in [0.05, 0.1) is 26.5 Å². The van der Waals surface area contributed by atoms with Crippen LogP contribution in [0, 0.1) is 0 Å². The van der Waals surface area contributed by atoms with E-state index in [9.17, 15) is 0 Å². The molecule has 4 rings (SSSR count). The van der Waals surface area contributed by atoms with E-state index >= 15 is 0 Å². The van der Waals surface area contributed by atoms with Crippen LogP contribution in [0.15, 0.2) is 47.8 Å². The summed E-state index contributed by atoms with van der Waals surface area (Å²) in [5.74, 6) is 3.04. The number of rotatable bonds is 6. The van der Waals surface area contributed by atoms with E-state index in [0.717, 1.165) is 39.4 Å². The minimum atomic E-state index is -0.0669. The Hall–Kier alpha value is -2.93. The van der Waals surface area contributed by atoms with E-state index in [1.165, 1.54) is 0 Å². The third-order valence-corrected chi connectivity index (χ3v) is 5.04. The van der Waals surface area contributed by atoms with Crippen LogP contribution in [0.5, 0.6) is 23.0 Å². The molecule has 0 radical (unpaired) electrons. The van der Waals surface area contributed by atoms with Crippen LogP contribution in [0.1, 0.15) is 0 Å². The topological polar surface area (TPSA) is 61.8 Å². The molecule has 0 saturated heterocycles. The van der Waals surface area contributed by atoms with Gasteiger partial charge in [0.15, 0.2) is 16.6 Å². The summed E-state index contributed by atoms with van der Waals surface area (Å²) in [6, 6.07) is 13.4. The Morgan fingerprint density at radius 3 is 2.81 bits per heavy atom. The predicted octanol–water partition coefficient (Wildman–Crippen LogP) is 4.08. The monoisotopic (exact) mass is 384 g/mol. The first-order valence-electron chi connectivity index (χ1n) is 8.57. The summed E-state index contributed by atoms with van der Waals surface area (Å²) in [4.78, 5) is 4.66. The van der Waals surface area contributed by atoms with Gasteiger partial charge in [-0.1, -0.05) is 12.1 Å². The van der Waals surface area contributed by atoms with E-state index in [1.54, 1.807) is 25.6 Å². The lowest BCUT2D eigenvalue weighted by molar-refractivity contribution is 0.0997. The van der Waals surface area contributed by atoms with Gasteiger partial charge in [0.1, 0.15) is 24.2 Å². The predicted molar refractivity (Wildman–Crippen MR) is 105 cm³/mol. The van der Waals surface area contributed by atoms with Crippen molar-refractivity contribution in [2.24, 2.45) is 0 Å². The third kappa shape index (κ3) is 3.78. The number of nitrogens with one attached hydrogen (secondary N) is 1. The van der Waals surface area contributed by atoms with E-state index in [4.69, 9.17) is 18.9 Å². The van der Waals surface area contributed by atoms with Crippen LogP contribution in [0.25, 0.3) is 11.3 Å². The summed E-state index contributed by atoms with van der Waals surface area (Å²) in [5.41, 5.74) is 1.78. The molecule has 1 N–H and O–H groups in total. The van der Waals surface area contributed by atoms with Crippen LogP contribution in [-0.4, -0.2) is 38.5 Å². The van der Waals surface area contributed by atoms with E-state index in [2.05, 4.69) is 10.3 Å². The Labute approximate surface area is 161 Å². The maximum absolute atomic E-state index is 5.96. The van der Waals surface area contributed by atoms with Gasteiger partial charge < -0.3 is 24.3 Å². The van der Waals surface area contributed by atoms with Gasteiger partial charge in [-0.25, -0.2) is 4.98 Å². The Kier molecular flexibility index (Phi) is 5.02. The smallest absolute Gasteiger partial charge is 0.183 e. The second-order valence-corrected chi connectivity index (χ2v) is 6.84. The van der Waals surface area contributed by atoms with Crippen molar-refractivity contribution >= 4 is 16.5 Å². The number of thiazole rings is 1. The number of aromatic nitrogens is 1. The fraction of sp³-hybridized carbons (Fsp3) is 0.250. The van der Waals surface area contributed by atoms with Gasteiger partial charge >= 0.3 is 0 Å². The summed E-state index contributed by atoms with van der Waals surface area (Å²) in [6.07, 6.45) is -0.0669. The summed E-state index contributed by atoms with van der Waals surface area (Å²) in [6.45, 7) is 1.12. The third-order valence-electron chi connectivity index (χ3n) is 4.24. The zero-order chi connectivity index (χ0) is 18.6. The molecule has 0 spiro atoms. The first-order valence-corrected chi connectivity index (χ1v) is 9.45. The van der Waals surface area contributed by atoms with E-state index in [-0.39, 0.29) is 6.10 Å². The molecule has 6 nitrogen and oxygen atoms in total. The Balaban J connectivity index is 1.42. The molecule has 0 aliphatic carbocycles. The van der Waals surface area contributed by atoms with Crippen molar-refractivity contribution < 1.29 is 18.9 Å². The highest BCUT2D eigenvalue weighted by Gasteiger charge is 2.21. The number of nitrogens with zero attached hydrogens (tertiary/aromatic N) is 1. The average molecular weight is 384 g/mol. The molecule has 1 aliphatic heterocycles. The zero-order valence-electron chi connectivity index (χ0n) is 15.1. The molecule has 0 amide bonds. The highest BCUT2D eigenvalue weighted by molar-refractivity contribution is 7.14. The number of methoxy groups -OCH3 is 2. The van der Waals surface area contributed by atoms with Gasteiger partial charge in [-0.05, 0) is 24.3 Å². The number of hydrogen-bond donors (Lipinski definition) is 1. The summed E-state index contributed by atoms with van der Waals surface area (Å²) < 4.78 is 22.4. The minimum absolute atomic E-state index is 0.0669. The summed E-state index contributed by atoms with van der Waals surface area (Å²) >= 11 is 1.54. The normalized spacial score (nSPS) is 15.3. The van der Waals surface area contributed by atoms with Gasteiger partial charge in [-0.3, -0.25) is 0 Å². The SMILES string of the molecule is COc1ccc(-c2csc(NCC3COc4ccccc4O3)n2)c(OC)c1. The molecule has 1 aromatic heterocycles. The number of ether oxygens (including phenoxy) is 4. The molecule has 2 aromatic carbocycles. The average Bonchev–Trinajstić information content (AvgIpc) is 3.20. The highest BCUT2D eigenvalue weighted by Crippen LogP contribution is 2.35. The molecule has 1 atom stereocenters.